The van der Waals surface area contributed by atoms with Gasteiger partial charge in [0.25, 0.3) is 0 Å². The first-order valence-electron chi connectivity index (χ1n) is 5.51. The third-order valence-electron chi connectivity index (χ3n) is 2.24. The van der Waals surface area contributed by atoms with Crippen molar-refractivity contribution in [1.29, 1.82) is 0 Å². The molecular formula is C13H16BrNO3. The molecule has 0 saturated heterocycles. The highest BCUT2D eigenvalue weighted by molar-refractivity contribution is 9.10. The monoisotopic (exact) mass is 313 g/mol. The number of nitrogens with one attached hydrogen (secondary N) is 1. The Morgan fingerprint density at radius 2 is 2.28 bits per heavy atom. The molecule has 98 valence electrons. The number of hydrogen-bond donors (Lipinski definition) is 3. The maximum Gasteiger partial charge on any atom is 0.148 e. The molecule has 1 aromatic carbocycles. The van der Waals surface area contributed by atoms with E-state index < -0.39 is 6.10 Å². The van der Waals surface area contributed by atoms with Crippen molar-refractivity contribution in [3.8, 4) is 18.1 Å². The molecule has 0 aliphatic carbocycles. The van der Waals surface area contributed by atoms with Crippen LogP contribution < -0.4 is 10.1 Å². The molecule has 5 heteroatoms. The average molecular weight is 314 g/mol. The molecule has 18 heavy (non-hydrogen) atoms. The summed E-state index contributed by atoms with van der Waals surface area (Å²) in [5.74, 6) is 3.12. The first kappa shape index (κ1) is 15.0. The normalized spacial score (nSPS) is 11.9. The fraction of sp³-hybridized carbons (Fsp3) is 0.385. The molecule has 1 unspecified atom stereocenters. The molecule has 1 aromatic rings. The van der Waals surface area contributed by atoms with E-state index in [-0.39, 0.29) is 13.2 Å². The lowest BCUT2D eigenvalue weighted by Crippen LogP contribution is -2.29. The van der Waals surface area contributed by atoms with E-state index in [4.69, 9.17) is 16.3 Å². The van der Waals surface area contributed by atoms with Gasteiger partial charge in [0, 0.05) is 23.1 Å². The molecule has 0 saturated carbocycles. The fourth-order valence-electron chi connectivity index (χ4n) is 1.38. The molecule has 0 aliphatic rings. The zero-order valence-corrected chi connectivity index (χ0v) is 11.5. The van der Waals surface area contributed by atoms with Crippen molar-refractivity contribution in [3.05, 3.63) is 28.2 Å². The number of hydrogen-bond acceptors (Lipinski definition) is 4. The molecule has 0 heterocycles. The van der Waals surface area contributed by atoms with Gasteiger partial charge in [-0.25, -0.2) is 0 Å². The van der Waals surface area contributed by atoms with Crippen molar-refractivity contribution in [1.82, 2.24) is 5.32 Å². The van der Waals surface area contributed by atoms with Gasteiger partial charge in [0.05, 0.1) is 12.7 Å². The number of ether oxygens (including phenoxy) is 1. The van der Waals surface area contributed by atoms with Crippen LogP contribution in [0.15, 0.2) is 22.7 Å². The molecule has 0 bridgehead atoms. The second kappa shape index (κ2) is 8.11. The predicted molar refractivity (Wildman–Crippen MR) is 73.3 cm³/mol. The molecule has 0 spiro atoms. The molecule has 4 nitrogen and oxygen atoms in total. The van der Waals surface area contributed by atoms with Crippen LogP contribution in [-0.2, 0) is 6.54 Å². The third-order valence-corrected chi connectivity index (χ3v) is 2.73. The summed E-state index contributed by atoms with van der Waals surface area (Å²) in [6, 6.07) is 5.63. The fourth-order valence-corrected chi connectivity index (χ4v) is 1.79. The maximum absolute atomic E-state index is 9.22. The minimum Gasteiger partial charge on any atom is -0.481 e. The van der Waals surface area contributed by atoms with Gasteiger partial charge in [-0.05, 0) is 18.2 Å². The Balaban J connectivity index is 2.61. The Bertz CT molecular complexity index is 417. The summed E-state index contributed by atoms with van der Waals surface area (Å²) in [7, 11) is 0. The van der Waals surface area contributed by atoms with Gasteiger partial charge < -0.3 is 20.3 Å². The highest BCUT2D eigenvalue weighted by Crippen LogP contribution is 2.23. The van der Waals surface area contributed by atoms with Gasteiger partial charge in [-0.15, -0.1) is 6.42 Å². The van der Waals surface area contributed by atoms with E-state index in [2.05, 4.69) is 27.2 Å². The molecule has 0 aliphatic heterocycles. The highest BCUT2D eigenvalue weighted by Gasteiger charge is 2.06. The predicted octanol–water partition coefficient (Wildman–Crippen LogP) is 0.904. The zero-order valence-electron chi connectivity index (χ0n) is 9.90. The van der Waals surface area contributed by atoms with Crippen LogP contribution in [0.4, 0.5) is 0 Å². The van der Waals surface area contributed by atoms with Crippen LogP contribution in [0, 0.1) is 12.3 Å². The summed E-state index contributed by atoms with van der Waals surface area (Å²) < 4.78 is 6.36. The van der Waals surface area contributed by atoms with E-state index in [0.29, 0.717) is 18.8 Å². The smallest absolute Gasteiger partial charge is 0.148 e. The molecule has 0 aromatic heterocycles. The minimum atomic E-state index is -0.757. The molecule has 0 amide bonds. The van der Waals surface area contributed by atoms with Crippen molar-refractivity contribution in [3.63, 3.8) is 0 Å². The number of terminal acetylenes is 1. The van der Waals surface area contributed by atoms with Crippen LogP contribution >= 0.6 is 15.9 Å². The lowest BCUT2D eigenvalue weighted by molar-refractivity contribution is 0.0941. The molecule has 3 N–H and O–H groups in total. The van der Waals surface area contributed by atoms with E-state index in [1.165, 1.54) is 0 Å². The number of benzene rings is 1. The van der Waals surface area contributed by atoms with E-state index in [1.807, 2.05) is 18.2 Å². The van der Waals surface area contributed by atoms with Crippen molar-refractivity contribution < 1.29 is 14.9 Å². The van der Waals surface area contributed by atoms with E-state index in [1.54, 1.807) is 0 Å². The van der Waals surface area contributed by atoms with Crippen LogP contribution in [0.2, 0.25) is 0 Å². The number of halogens is 1. The summed E-state index contributed by atoms with van der Waals surface area (Å²) >= 11 is 3.39. The molecule has 0 radical (unpaired) electrons. The van der Waals surface area contributed by atoms with Crippen LogP contribution in [0.1, 0.15) is 5.56 Å². The Morgan fingerprint density at radius 3 is 2.94 bits per heavy atom. The van der Waals surface area contributed by atoms with Gasteiger partial charge in [0.2, 0.25) is 0 Å². The van der Waals surface area contributed by atoms with Gasteiger partial charge in [0.1, 0.15) is 12.4 Å². The molecular weight excluding hydrogens is 298 g/mol. The standard InChI is InChI=1S/C13H16BrNO3/c1-2-5-18-13-4-3-11(14)6-10(13)7-15-8-12(17)9-16/h1,3-4,6,12,15-17H,5,7-9H2. The van der Waals surface area contributed by atoms with Crippen LogP contribution in [0.3, 0.4) is 0 Å². The van der Waals surface area contributed by atoms with Crippen LogP contribution in [0.25, 0.3) is 0 Å². The van der Waals surface area contributed by atoms with Gasteiger partial charge >= 0.3 is 0 Å². The van der Waals surface area contributed by atoms with Gasteiger partial charge in [-0.3, -0.25) is 0 Å². The van der Waals surface area contributed by atoms with E-state index in [9.17, 15) is 5.11 Å². The van der Waals surface area contributed by atoms with Gasteiger partial charge in [-0.1, -0.05) is 21.9 Å². The van der Waals surface area contributed by atoms with Crippen molar-refractivity contribution >= 4 is 15.9 Å². The maximum atomic E-state index is 9.22. The highest BCUT2D eigenvalue weighted by atomic mass is 79.9. The lowest BCUT2D eigenvalue weighted by Gasteiger charge is -2.12. The SMILES string of the molecule is C#CCOc1ccc(Br)cc1CNCC(O)CO. The van der Waals surface area contributed by atoms with Crippen molar-refractivity contribution in [2.75, 3.05) is 19.8 Å². The quantitative estimate of drug-likeness (QED) is 0.655. The van der Waals surface area contributed by atoms with E-state index >= 15 is 0 Å². The van der Waals surface area contributed by atoms with Gasteiger partial charge in [0.15, 0.2) is 0 Å². The summed E-state index contributed by atoms with van der Waals surface area (Å²) in [4.78, 5) is 0. The summed E-state index contributed by atoms with van der Waals surface area (Å²) in [6.45, 7) is 0.799. The van der Waals surface area contributed by atoms with Crippen LogP contribution in [0.5, 0.6) is 5.75 Å². The lowest BCUT2D eigenvalue weighted by atomic mass is 10.2. The largest absolute Gasteiger partial charge is 0.481 e. The van der Waals surface area contributed by atoms with Crippen molar-refractivity contribution in [2.24, 2.45) is 0 Å². The molecule has 1 rings (SSSR count). The Hall–Kier alpha value is -1.06. The molecule has 0 fully saturated rings. The third kappa shape index (κ3) is 5.07. The zero-order chi connectivity index (χ0) is 13.4. The Morgan fingerprint density at radius 1 is 1.50 bits per heavy atom. The molecule has 1 atom stereocenters. The first-order chi connectivity index (χ1) is 8.67. The minimum absolute atomic E-state index is 0.216. The van der Waals surface area contributed by atoms with Crippen LogP contribution in [-0.4, -0.2) is 36.1 Å². The number of aliphatic hydroxyl groups is 2. The summed E-state index contributed by atoms with van der Waals surface area (Å²) in [5, 5.41) is 21.0. The summed E-state index contributed by atoms with van der Waals surface area (Å²) in [6.07, 6.45) is 4.40. The second-order valence-corrected chi connectivity index (χ2v) is 4.63. The Labute approximate surface area is 115 Å². The number of aliphatic hydroxyl groups excluding tert-OH is 2. The number of rotatable bonds is 7. The second-order valence-electron chi connectivity index (χ2n) is 3.71. The van der Waals surface area contributed by atoms with E-state index in [0.717, 1.165) is 10.0 Å². The topological polar surface area (TPSA) is 61.7 Å². The Kier molecular flexibility index (Phi) is 6.76. The average Bonchev–Trinajstić information content (AvgIpc) is 2.37. The van der Waals surface area contributed by atoms with Crippen molar-refractivity contribution in [2.45, 2.75) is 12.6 Å². The van der Waals surface area contributed by atoms with Gasteiger partial charge in [-0.2, -0.15) is 0 Å². The first-order valence-corrected chi connectivity index (χ1v) is 6.31. The summed E-state index contributed by atoms with van der Waals surface area (Å²) in [5.41, 5.74) is 0.935.